The number of hydrogen-bond acceptors (Lipinski definition) is 3. The summed E-state index contributed by atoms with van der Waals surface area (Å²) in [7, 11) is 0. The van der Waals surface area contributed by atoms with Crippen LogP contribution in [0.4, 0.5) is 4.39 Å². The molecule has 0 saturated heterocycles. The fourth-order valence-electron chi connectivity index (χ4n) is 1.63. The number of carbonyl (C=O) groups excluding carboxylic acids is 1. The van der Waals surface area contributed by atoms with Crippen molar-refractivity contribution in [3.05, 3.63) is 65.5 Å². The number of hydrazone groups is 1. The third kappa shape index (κ3) is 3.20. The monoisotopic (exact) mass is 272 g/mol. The van der Waals surface area contributed by atoms with Gasteiger partial charge in [-0.1, -0.05) is 18.2 Å². The molecule has 0 aliphatic rings. The van der Waals surface area contributed by atoms with Crippen molar-refractivity contribution in [3.8, 4) is 5.75 Å². The van der Waals surface area contributed by atoms with Crippen LogP contribution in [-0.2, 0) is 0 Å². The van der Waals surface area contributed by atoms with Crippen LogP contribution in [0.2, 0.25) is 0 Å². The first kappa shape index (κ1) is 13.7. The molecule has 2 rings (SSSR count). The molecule has 2 aromatic carbocycles. The Labute approximate surface area is 115 Å². The molecule has 0 saturated carbocycles. The van der Waals surface area contributed by atoms with Crippen LogP contribution in [0.3, 0.4) is 0 Å². The normalized spacial score (nSPS) is 11.2. The van der Waals surface area contributed by atoms with Gasteiger partial charge in [0.2, 0.25) is 0 Å². The van der Waals surface area contributed by atoms with E-state index in [1.54, 1.807) is 25.1 Å². The lowest BCUT2D eigenvalue weighted by Gasteiger charge is -2.04. The number of phenols is 1. The number of nitrogens with one attached hydrogen (secondary N) is 1. The molecule has 0 unspecified atom stereocenters. The van der Waals surface area contributed by atoms with Gasteiger partial charge in [0.05, 0.1) is 5.71 Å². The Hall–Kier alpha value is -2.69. The van der Waals surface area contributed by atoms with E-state index in [0.717, 1.165) is 0 Å². The van der Waals surface area contributed by atoms with Gasteiger partial charge in [0.1, 0.15) is 11.6 Å². The lowest BCUT2D eigenvalue weighted by Crippen LogP contribution is -2.19. The molecule has 0 atom stereocenters. The Morgan fingerprint density at radius 1 is 1.15 bits per heavy atom. The number of halogens is 1. The topological polar surface area (TPSA) is 61.7 Å². The minimum Gasteiger partial charge on any atom is -0.508 e. The molecule has 20 heavy (non-hydrogen) atoms. The van der Waals surface area contributed by atoms with Crippen LogP contribution >= 0.6 is 0 Å². The lowest BCUT2D eigenvalue weighted by atomic mass is 10.1. The number of carbonyl (C=O) groups is 1. The second kappa shape index (κ2) is 5.97. The largest absolute Gasteiger partial charge is 0.508 e. The minimum atomic E-state index is -0.430. The zero-order valence-electron chi connectivity index (χ0n) is 10.8. The summed E-state index contributed by atoms with van der Waals surface area (Å²) in [4.78, 5) is 11.8. The maximum absolute atomic E-state index is 13.5. The Kier molecular flexibility index (Phi) is 4.10. The first-order valence-corrected chi connectivity index (χ1v) is 5.96. The first-order valence-electron chi connectivity index (χ1n) is 5.96. The van der Waals surface area contributed by atoms with Gasteiger partial charge in [0.15, 0.2) is 0 Å². The SMILES string of the molecule is C/C(=N/NC(=O)c1ccc(O)cc1)c1ccccc1F. The van der Waals surface area contributed by atoms with Gasteiger partial charge in [-0.15, -0.1) is 0 Å². The fraction of sp³-hybridized carbons (Fsp3) is 0.0667. The highest BCUT2D eigenvalue weighted by Crippen LogP contribution is 2.10. The molecule has 102 valence electrons. The van der Waals surface area contributed by atoms with E-state index in [1.165, 1.54) is 30.3 Å². The lowest BCUT2D eigenvalue weighted by molar-refractivity contribution is 0.0955. The van der Waals surface area contributed by atoms with Gasteiger partial charge in [-0.2, -0.15) is 5.10 Å². The van der Waals surface area contributed by atoms with Gasteiger partial charge in [0.25, 0.3) is 5.91 Å². The summed E-state index contributed by atoms with van der Waals surface area (Å²) < 4.78 is 13.5. The number of benzene rings is 2. The van der Waals surface area contributed by atoms with Gasteiger partial charge in [-0.3, -0.25) is 4.79 Å². The third-order valence-corrected chi connectivity index (χ3v) is 2.72. The summed E-state index contributed by atoms with van der Waals surface area (Å²) in [6.07, 6.45) is 0. The van der Waals surface area contributed by atoms with Crippen LogP contribution in [0.5, 0.6) is 5.75 Å². The third-order valence-electron chi connectivity index (χ3n) is 2.72. The Morgan fingerprint density at radius 2 is 1.80 bits per heavy atom. The standard InChI is InChI=1S/C15H13FN2O2/c1-10(13-4-2-3-5-14(13)16)17-18-15(20)11-6-8-12(19)9-7-11/h2-9,19H,1H3,(H,18,20)/b17-10-. The summed E-state index contributed by atoms with van der Waals surface area (Å²) in [6.45, 7) is 1.61. The number of hydrogen-bond donors (Lipinski definition) is 2. The zero-order chi connectivity index (χ0) is 14.5. The average molecular weight is 272 g/mol. The molecule has 2 aromatic rings. The van der Waals surface area contributed by atoms with Crippen molar-refractivity contribution in [2.24, 2.45) is 5.10 Å². The van der Waals surface area contributed by atoms with Gasteiger partial charge in [0, 0.05) is 11.1 Å². The van der Waals surface area contributed by atoms with E-state index >= 15 is 0 Å². The first-order chi connectivity index (χ1) is 9.58. The van der Waals surface area contributed by atoms with Crippen molar-refractivity contribution in [3.63, 3.8) is 0 Å². The van der Waals surface area contributed by atoms with Crippen LogP contribution < -0.4 is 5.43 Å². The predicted molar refractivity (Wildman–Crippen MR) is 74.2 cm³/mol. The van der Waals surface area contributed by atoms with Crippen molar-refractivity contribution in [2.75, 3.05) is 0 Å². The van der Waals surface area contributed by atoms with E-state index in [2.05, 4.69) is 10.5 Å². The molecule has 0 fully saturated rings. The summed E-state index contributed by atoms with van der Waals surface area (Å²) in [5.41, 5.74) is 3.40. The second-order valence-electron chi connectivity index (χ2n) is 4.16. The summed E-state index contributed by atoms with van der Waals surface area (Å²) in [5.74, 6) is -0.749. The Bertz CT molecular complexity index is 651. The van der Waals surface area contributed by atoms with E-state index in [-0.39, 0.29) is 5.75 Å². The molecule has 0 heterocycles. The quantitative estimate of drug-likeness (QED) is 0.666. The number of phenolic OH excluding ortho intramolecular Hbond substituents is 1. The van der Waals surface area contributed by atoms with Crippen LogP contribution in [0.15, 0.2) is 53.6 Å². The molecule has 0 aromatic heterocycles. The number of rotatable bonds is 3. The molecular formula is C15H13FN2O2. The predicted octanol–water partition coefficient (Wildman–Crippen LogP) is 2.69. The van der Waals surface area contributed by atoms with Crippen LogP contribution in [0.25, 0.3) is 0 Å². The minimum absolute atomic E-state index is 0.0765. The molecule has 0 spiro atoms. The highest BCUT2D eigenvalue weighted by molar-refractivity contribution is 6.01. The molecule has 0 aliphatic heterocycles. The number of amides is 1. The van der Waals surface area contributed by atoms with Crippen LogP contribution in [0.1, 0.15) is 22.8 Å². The molecular weight excluding hydrogens is 259 g/mol. The second-order valence-corrected chi connectivity index (χ2v) is 4.16. The molecule has 0 bridgehead atoms. The van der Waals surface area contributed by atoms with Crippen molar-refractivity contribution < 1.29 is 14.3 Å². The molecule has 5 heteroatoms. The highest BCUT2D eigenvalue weighted by atomic mass is 19.1. The van der Waals surface area contributed by atoms with E-state index in [4.69, 9.17) is 5.11 Å². The summed E-state index contributed by atoms with van der Waals surface area (Å²) >= 11 is 0. The summed E-state index contributed by atoms with van der Waals surface area (Å²) in [6, 6.07) is 11.9. The van der Waals surface area contributed by atoms with Crippen molar-refractivity contribution in [2.45, 2.75) is 6.92 Å². The Balaban J connectivity index is 2.11. The molecule has 0 radical (unpaired) electrons. The molecule has 4 nitrogen and oxygen atoms in total. The zero-order valence-corrected chi connectivity index (χ0v) is 10.8. The van der Waals surface area contributed by atoms with E-state index < -0.39 is 11.7 Å². The van der Waals surface area contributed by atoms with Gasteiger partial charge < -0.3 is 5.11 Å². The summed E-state index contributed by atoms with van der Waals surface area (Å²) in [5, 5.41) is 13.0. The van der Waals surface area contributed by atoms with Crippen LogP contribution in [0, 0.1) is 5.82 Å². The smallest absolute Gasteiger partial charge is 0.271 e. The van der Waals surface area contributed by atoms with E-state index in [0.29, 0.717) is 16.8 Å². The van der Waals surface area contributed by atoms with Crippen molar-refractivity contribution in [1.82, 2.24) is 5.43 Å². The van der Waals surface area contributed by atoms with Gasteiger partial charge in [-0.25, -0.2) is 9.82 Å². The number of nitrogens with zero attached hydrogens (tertiary/aromatic N) is 1. The molecule has 2 N–H and O–H groups in total. The van der Waals surface area contributed by atoms with Crippen molar-refractivity contribution in [1.29, 1.82) is 0 Å². The van der Waals surface area contributed by atoms with E-state index in [1.807, 2.05) is 0 Å². The molecule has 0 aliphatic carbocycles. The van der Waals surface area contributed by atoms with E-state index in [9.17, 15) is 9.18 Å². The number of aromatic hydroxyl groups is 1. The Morgan fingerprint density at radius 3 is 2.45 bits per heavy atom. The van der Waals surface area contributed by atoms with Gasteiger partial charge in [-0.05, 0) is 37.3 Å². The maximum Gasteiger partial charge on any atom is 0.271 e. The molecule has 1 amide bonds. The van der Waals surface area contributed by atoms with Crippen LogP contribution in [-0.4, -0.2) is 16.7 Å². The van der Waals surface area contributed by atoms with Crippen molar-refractivity contribution >= 4 is 11.6 Å². The highest BCUT2D eigenvalue weighted by Gasteiger charge is 2.07. The van der Waals surface area contributed by atoms with Gasteiger partial charge >= 0.3 is 0 Å². The fourth-order valence-corrected chi connectivity index (χ4v) is 1.63. The maximum atomic E-state index is 13.5. The average Bonchev–Trinajstić information content (AvgIpc) is 2.45.